The maximum absolute atomic E-state index is 2.23. The van der Waals surface area contributed by atoms with Gasteiger partial charge in [0.1, 0.15) is 0 Å². The van der Waals surface area contributed by atoms with Gasteiger partial charge in [0.05, 0.1) is 0 Å². The van der Waals surface area contributed by atoms with Crippen molar-refractivity contribution >= 4 is 0 Å². The highest BCUT2D eigenvalue weighted by Gasteiger charge is 1.75. The first kappa shape index (κ1) is 8.48. The van der Waals surface area contributed by atoms with Crippen LogP contribution in [0.1, 0.15) is 33.6 Å². The molecule has 0 aromatic carbocycles. The molecule has 0 nitrogen and oxygen atoms in total. The van der Waals surface area contributed by atoms with Crippen LogP contribution in [0.4, 0.5) is 0 Å². The number of hydrogen-bond acceptors (Lipinski definition) is 0. The molecular formula is C9H16. The molecule has 0 amide bonds. The SMILES string of the molecule is CC/C=C/C(C)=C/CC. The Morgan fingerprint density at radius 2 is 1.89 bits per heavy atom. The molecule has 0 saturated carbocycles. The molecule has 0 aliphatic heterocycles. The molecule has 0 aromatic heterocycles. The van der Waals surface area contributed by atoms with Crippen LogP contribution in [0, 0.1) is 0 Å². The smallest absolute Gasteiger partial charge is 0.0374 e. The first-order valence-corrected chi connectivity index (χ1v) is 3.64. The van der Waals surface area contributed by atoms with Crippen molar-refractivity contribution in [1.29, 1.82) is 0 Å². The summed E-state index contributed by atoms with van der Waals surface area (Å²) >= 11 is 0. The Morgan fingerprint density at radius 3 is 2.33 bits per heavy atom. The van der Waals surface area contributed by atoms with Gasteiger partial charge in [0, 0.05) is 0 Å². The molecule has 0 heterocycles. The Balaban J connectivity index is 3.60. The fourth-order valence-corrected chi connectivity index (χ4v) is 0.694. The zero-order valence-electron chi connectivity index (χ0n) is 6.65. The topological polar surface area (TPSA) is 0 Å². The Hall–Kier alpha value is -0.520. The zero-order valence-corrected chi connectivity index (χ0v) is 6.65. The molecule has 0 N–H and O–H groups in total. The zero-order chi connectivity index (χ0) is 7.11. The van der Waals surface area contributed by atoms with E-state index in [4.69, 9.17) is 0 Å². The van der Waals surface area contributed by atoms with Crippen molar-refractivity contribution < 1.29 is 0 Å². The number of hydrogen-bond donors (Lipinski definition) is 0. The molecule has 0 aromatic rings. The lowest BCUT2D eigenvalue weighted by atomic mass is 10.2. The minimum absolute atomic E-state index is 1.13. The molecule has 0 aliphatic carbocycles. The summed E-state index contributed by atoms with van der Waals surface area (Å²) in [6, 6.07) is 0. The number of rotatable bonds is 3. The molecule has 0 saturated heterocycles. The Bertz CT molecular complexity index is 107. The highest BCUT2D eigenvalue weighted by molar-refractivity contribution is 5.14. The summed E-state index contributed by atoms with van der Waals surface area (Å²) in [6.07, 6.45) is 8.85. The second kappa shape index (κ2) is 5.61. The quantitative estimate of drug-likeness (QED) is 0.506. The van der Waals surface area contributed by atoms with E-state index in [0.717, 1.165) is 12.8 Å². The second-order valence-corrected chi connectivity index (χ2v) is 2.17. The summed E-state index contributed by atoms with van der Waals surface area (Å²) < 4.78 is 0. The van der Waals surface area contributed by atoms with Crippen molar-refractivity contribution in [3.05, 3.63) is 23.8 Å². The lowest BCUT2D eigenvalue weighted by molar-refractivity contribution is 1.18. The van der Waals surface area contributed by atoms with Crippen molar-refractivity contribution in [2.45, 2.75) is 33.6 Å². The van der Waals surface area contributed by atoms with Crippen molar-refractivity contribution in [3.63, 3.8) is 0 Å². The van der Waals surface area contributed by atoms with Gasteiger partial charge in [-0.3, -0.25) is 0 Å². The molecule has 52 valence electrons. The van der Waals surface area contributed by atoms with E-state index in [1.54, 1.807) is 0 Å². The third-order valence-corrected chi connectivity index (χ3v) is 1.14. The van der Waals surface area contributed by atoms with Gasteiger partial charge >= 0.3 is 0 Å². The van der Waals surface area contributed by atoms with Crippen molar-refractivity contribution in [2.75, 3.05) is 0 Å². The third kappa shape index (κ3) is 5.35. The van der Waals surface area contributed by atoms with Crippen LogP contribution in [0.3, 0.4) is 0 Å². The van der Waals surface area contributed by atoms with Gasteiger partial charge in [-0.25, -0.2) is 0 Å². The van der Waals surface area contributed by atoms with Crippen LogP contribution in [-0.4, -0.2) is 0 Å². The predicted molar refractivity (Wildman–Crippen MR) is 43.5 cm³/mol. The molecule has 9 heavy (non-hydrogen) atoms. The highest BCUT2D eigenvalue weighted by atomic mass is 13.8. The van der Waals surface area contributed by atoms with E-state index in [0.29, 0.717) is 0 Å². The third-order valence-electron chi connectivity index (χ3n) is 1.14. The van der Waals surface area contributed by atoms with Gasteiger partial charge in [-0.15, -0.1) is 0 Å². The average molecular weight is 124 g/mol. The van der Waals surface area contributed by atoms with Gasteiger partial charge in [-0.1, -0.05) is 37.6 Å². The van der Waals surface area contributed by atoms with Crippen molar-refractivity contribution in [3.8, 4) is 0 Å². The molecule has 0 unspecified atom stereocenters. The lowest BCUT2D eigenvalue weighted by Gasteiger charge is -1.87. The van der Waals surface area contributed by atoms with Crippen LogP contribution >= 0.6 is 0 Å². The van der Waals surface area contributed by atoms with Crippen LogP contribution in [0.5, 0.6) is 0 Å². The second-order valence-electron chi connectivity index (χ2n) is 2.17. The van der Waals surface area contributed by atoms with E-state index in [1.165, 1.54) is 5.57 Å². The summed E-state index contributed by atoms with van der Waals surface area (Å²) in [5.74, 6) is 0. The summed E-state index contributed by atoms with van der Waals surface area (Å²) in [5, 5.41) is 0. The molecule has 0 aliphatic rings. The van der Waals surface area contributed by atoms with Crippen LogP contribution in [0.2, 0.25) is 0 Å². The van der Waals surface area contributed by atoms with E-state index in [-0.39, 0.29) is 0 Å². The molecule has 0 heteroatoms. The maximum atomic E-state index is 2.23. The first-order chi connectivity index (χ1) is 4.31. The molecule has 0 fully saturated rings. The lowest BCUT2D eigenvalue weighted by Crippen LogP contribution is -1.66. The summed E-state index contributed by atoms with van der Waals surface area (Å²) in [7, 11) is 0. The highest BCUT2D eigenvalue weighted by Crippen LogP contribution is 1.97. The van der Waals surface area contributed by atoms with E-state index in [2.05, 4.69) is 39.0 Å². The summed E-state index contributed by atoms with van der Waals surface area (Å²) in [5.41, 5.74) is 1.37. The molecule has 0 spiro atoms. The first-order valence-electron chi connectivity index (χ1n) is 3.64. The van der Waals surface area contributed by atoms with Crippen molar-refractivity contribution in [2.24, 2.45) is 0 Å². The Morgan fingerprint density at radius 1 is 1.22 bits per heavy atom. The van der Waals surface area contributed by atoms with Gasteiger partial charge < -0.3 is 0 Å². The fourth-order valence-electron chi connectivity index (χ4n) is 0.694. The molecule has 0 rings (SSSR count). The van der Waals surface area contributed by atoms with Gasteiger partial charge in [0.15, 0.2) is 0 Å². The van der Waals surface area contributed by atoms with Crippen LogP contribution in [-0.2, 0) is 0 Å². The standard InChI is InChI=1S/C9H16/c1-4-6-8-9(3)7-5-2/h6-8H,4-5H2,1-3H3/b8-6+,9-7+. The Kier molecular flexibility index (Phi) is 5.29. The van der Waals surface area contributed by atoms with E-state index in [1.807, 2.05) is 0 Å². The Labute approximate surface area is 58.3 Å². The predicted octanol–water partition coefficient (Wildman–Crippen LogP) is 3.31. The molecular weight excluding hydrogens is 108 g/mol. The largest absolute Gasteiger partial charge is 0.0846 e. The monoisotopic (exact) mass is 124 g/mol. The minimum Gasteiger partial charge on any atom is -0.0846 e. The summed E-state index contributed by atoms with van der Waals surface area (Å²) in [6.45, 7) is 6.44. The van der Waals surface area contributed by atoms with Gasteiger partial charge in [0.25, 0.3) is 0 Å². The molecule has 0 bridgehead atoms. The average Bonchev–Trinajstić information content (AvgIpc) is 1.85. The van der Waals surface area contributed by atoms with Gasteiger partial charge in [-0.2, -0.15) is 0 Å². The minimum atomic E-state index is 1.13. The van der Waals surface area contributed by atoms with Crippen LogP contribution in [0.15, 0.2) is 23.8 Å². The number of allylic oxidation sites excluding steroid dienone is 4. The molecule has 0 atom stereocenters. The normalized spacial score (nSPS) is 13.0. The van der Waals surface area contributed by atoms with Crippen molar-refractivity contribution in [1.82, 2.24) is 0 Å². The fraction of sp³-hybridized carbons (Fsp3) is 0.556. The van der Waals surface area contributed by atoms with Crippen LogP contribution in [0.25, 0.3) is 0 Å². The van der Waals surface area contributed by atoms with Crippen LogP contribution < -0.4 is 0 Å². The van der Waals surface area contributed by atoms with E-state index in [9.17, 15) is 0 Å². The molecule has 0 radical (unpaired) electrons. The maximum Gasteiger partial charge on any atom is -0.0374 e. The van der Waals surface area contributed by atoms with E-state index < -0.39 is 0 Å². The summed E-state index contributed by atoms with van der Waals surface area (Å²) in [4.78, 5) is 0. The van der Waals surface area contributed by atoms with E-state index >= 15 is 0 Å². The van der Waals surface area contributed by atoms with Gasteiger partial charge in [0.2, 0.25) is 0 Å². The van der Waals surface area contributed by atoms with Gasteiger partial charge in [-0.05, 0) is 19.8 Å².